The summed E-state index contributed by atoms with van der Waals surface area (Å²) >= 11 is 0. The Labute approximate surface area is 169 Å². The summed E-state index contributed by atoms with van der Waals surface area (Å²) in [5, 5.41) is 7.48. The quantitative estimate of drug-likeness (QED) is 0.416. The Hall–Kier alpha value is -3.36. The molecule has 0 fully saturated rings. The number of nitrogens with two attached hydrogens (primary N) is 1. The molecule has 154 valence electrons. The lowest BCUT2D eigenvalue weighted by atomic mass is 10.1. The molecule has 0 spiro atoms. The van der Waals surface area contributed by atoms with Gasteiger partial charge in [0.1, 0.15) is 17.1 Å². The van der Waals surface area contributed by atoms with E-state index in [-0.39, 0.29) is 11.5 Å². The van der Waals surface area contributed by atoms with E-state index in [0.29, 0.717) is 34.8 Å². The summed E-state index contributed by atoms with van der Waals surface area (Å²) in [6.07, 6.45) is 2.52. The fourth-order valence-corrected chi connectivity index (χ4v) is 3.11. The highest BCUT2D eigenvalue weighted by Crippen LogP contribution is 2.31. The van der Waals surface area contributed by atoms with Gasteiger partial charge in [-0.05, 0) is 31.0 Å². The van der Waals surface area contributed by atoms with E-state index >= 15 is 0 Å². The fourth-order valence-electron chi connectivity index (χ4n) is 3.11. The normalized spacial score (nSPS) is 11.8. The molecule has 29 heavy (non-hydrogen) atoms. The van der Waals surface area contributed by atoms with Gasteiger partial charge in [0, 0.05) is 19.8 Å². The van der Waals surface area contributed by atoms with Crippen LogP contribution in [0.1, 0.15) is 32.4 Å². The van der Waals surface area contributed by atoms with Crippen LogP contribution in [-0.4, -0.2) is 39.4 Å². The van der Waals surface area contributed by atoms with Gasteiger partial charge in [-0.1, -0.05) is 20.3 Å². The highest BCUT2D eigenvalue weighted by molar-refractivity contribution is 5.93. The van der Waals surface area contributed by atoms with Gasteiger partial charge in [0.05, 0.1) is 17.9 Å². The molecule has 1 aromatic carbocycles. The molecule has 0 aliphatic heterocycles. The molecule has 0 saturated carbocycles. The second-order valence-electron chi connectivity index (χ2n) is 6.73. The predicted octanol–water partition coefficient (Wildman–Crippen LogP) is 2.42. The largest absolute Gasteiger partial charge is 0.493 e. The van der Waals surface area contributed by atoms with Crippen molar-refractivity contribution >= 4 is 22.7 Å². The first kappa shape index (κ1) is 20.4. The lowest BCUT2D eigenvalue weighted by Crippen LogP contribution is -2.22. The summed E-state index contributed by atoms with van der Waals surface area (Å²) in [4.78, 5) is 24.3. The van der Waals surface area contributed by atoms with Crippen molar-refractivity contribution in [2.75, 3.05) is 19.0 Å². The van der Waals surface area contributed by atoms with E-state index in [1.165, 1.54) is 0 Å². The van der Waals surface area contributed by atoms with Crippen LogP contribution < -0.4 is 21.3 Å². The predicted molar refractivity (Wildman–Crippen MR) is 116 cm³/mol. The van der Waals surface area contributed by atoms with Crippen molar-refractivity contribution < 1.29 is 4.74 Å². The number of aliphatic imine (C=N–C) groups is 1. The number of hydrogen-bond acceptors (Lipinski definition) is 5. The summed E-state index contributed by atoms with van der Waals surface area (Å²) in [6, 6.07) is 5.51. The Kier molecular flexibility index (Phi) is 6.16. The van der Waals surface area contributed by atoms with Gasteiger partial charge in [0.2, 0.25) is 0 Å². The Morgan fingerprint density at radius 1 is 1.34 bits per heavy atom. The number of aryl methyl sites for hydroxylation is 2. The molecule has 3 rings (SSSR count). The third-order valence-electron chi connectivity index (χ3n) is 4.46. The van der Waals surface area contributed by atoms with Crippen LogP contribution in [0.5, 0.6) is 5.75 Å². The summed E-state index contributed by atoms with van der Waals surface area (Å²) < 4.78 is 7.47. The number of hydrogen-bond donors (Lipinski definition) is 3. The molecule has 2 heterocycles. The zero-order valence-corrected chi connectivity index (χ0v) is 17.2. The number of fused-ring (bicyclic) bond motifs is 1. The van der Waals surface area contributed by atoms with Crippen molar-refractivity contribution in [2.24, 2.45) is 17.8 Å². The molecule has 0 amide bonds. The van der Waals surface area contributed by atoms with Crippen molar-refractivity contribution in [2.45, 2.75) is 33.1 Å². The fraction of sp³-hybridized carbons (Fsp3) is 0.400. The first-order valence-electron chi connectivity index (χ1n) is 9.70. The van der Waals surface area contributed by atoms with E-state index in [2.05, 4.69) is 27.3 Å². The van der Waals surface area contributed by atoms with Gasteiger partial charge in [0.25, 0.3) is 5.56 Å². The van der Waals surface area contributed by atoms with E-state index in [0.717, 1.165) is 30.6 Å². The van der Waals surface area contributed by atoms with Crippen LogP contribution in [0.25, 0.3) is 22.4 Å². The number of ether oxygens (including phenoxy) is 1. The number of anilines is 1. The van der Waals surface area contributed by atoms with Crippen LogP contribution in [0.3, 0.4) is 0 Å². The Morgan fingerprint density at radius 3 is 2.83 bits per heavy atom. The van der Waals surface area contributed by atoms with Gasteiger partial charge >= 0.3 is 0 Å². The van der Waals surface area contributed by atoms with Crippen LogP contribution in [0.2, 0.25) is 0 Å². The maximum Gasteiger partial charge on any atom is 0.277 e. The number of aromatic amines is 1. The lowest BCUT2D eigenvalue weighted by Gasteiger charge is -2.13. The van der Waals surface area contributed by atoms with Crippen molar-refractivity contribution in [3.05, 3.63) is 34.2 Å². The number of nitrogens with one attached hydrogen (secondary N) is 2. The van der Waals surface area contributed by atoms with Crippen LogP contribution in [0.15, 0.2) is 28.0 Å². The van der Waals surface area contributed by atoms with Crippen LogP contribution in [0, 0.1) is 0 Å². The summed E-state index contributed by atoms with van der Waals surface area (Å²) in [6.45, 7) is 4.66. The molecular formula is C20H27N7O2. The molecule has 0 unspecified atom stereocenters. The van der Waals surface area contributed by atoms with E-state index in [4.69, 9.17) is 15.5 Å². The second kappa shape index (κ2) is 8.76. The van der Waals surface area contributed by atoms with Crippen molar-refractivity contribution in [3.63, 3.8) is 0 Å². The van der Waals surface area contributed by atoms with Gasteiger partial charge in [-0.15, -0.1) is 0 Å². The SMILES string of the molecule is CCCOc1ccc(NC(N)=NC)cc1-c1nc2c(CCC)nn(C)c2c(=O)[nH]1. The third-order valence-corrected chi connectivity index (χ3v) is 4.46. The summed E-state index contributed by atoms with van der Waals surface area (Å²) in [5.41, 5.74) is 8.82. The Bertz CT molecular complexity index is 1100. The smallest absolute Gasteiger partial charge is 0.277 e. The number of rotatable bonds is 7. The maximum absolute atomic E-state index is 12.8. The average molecular weight is 397 g/mol. The van der Waals surface area contributed by atoms with Crippen molar-refractivity contribution in [3.8, 4) is 17.1 Å². The second-order valence-corrected chi connectivity index (χ2v) is 6.73. The average Bonchev–Trinajstić information content (AvgIpc) is 3.03. The van der Waals surface area contributed by atoms with Gasteiger partial charge in [-0.3, -0.25) is 14.5 Å². The molecule has 0 radical (unpaired) electrons. The standard InChI is InChI=1S/C20H27N7O2/c1-5-7-14-16-17(27(4)26-14)19(28)25-18(24-16)13-11-12(23-20(21)22-3)8-9-15(13)29-10-6-2/h8-9,11H,5-7,10H2,1-4H3,(H3,21,22,23)(H,24,25,28). The van der Waals surface area contributed by atoms with Crippen LogP contribution in [-0.2, 0) is 13.5 Å². The minimum atomic E-state index is -0.239. The molecule has 3 aromatic rings. The number of guanidine groups is 1. The molecular weight excluding hydrogens is 370 g/mol. The van der Waals surface area contributed by atoms with E-state index in [1.54, 1.807) is 18.8 Å². The topological polar surface area (TPSA) is 123 Å². The molecule has 4 N–H and O–H groups in total. The minimum Gasteiger partial charge on any atom is -0.493 e. The highest BCUT2D eigenvalue weighted by Gasteiger charge is 2.18. The molecule has 0 aliphatic carbocycles. The molecule has 0 atom stereocenters. The molecule has 0 bridgehead atoms. The molecule has 2 aromatic heterocycles. The highest BCUT2D eigenvalue weighted by atomic mass is 16.5. The Balaban J connectivity index is 2.18. The van der Waals surface area contributed by atoms with Crippen molar-refractivity contribution in [1.82, 2.24) is 19.7 Å². The van der Waals surface area contributed by atoms with E-state index in [1.807, 2.05) is 25.1 Å². The first-order valence-corrected chi connectivity index (χ1v) is 9.70. The van der Waals surface area contributed by atoms with E-state index < -0.39 is 0 Å². The number of aromatic nitrogens is 4. The summed E-state index contributed by atoms with van der Waals surface area (Å²) in [7, 11) is 3.36. The first-order chi connectivity index (χ1) is 14.0. The summed E-state index contributed by atoms with van der Waals surface area (Å²) in [5.74, 6) is 1.34. The van der Waals surface area contributed by atoms with Crippen LogP contribution in [0.4, 0.5) is 5.69 Å². The van der Waals surface area contributed by atoms with Gasteiger partial charge in [-0.2, -0.15) is 5.10 Å². The third kappa shape index (κ3) is 4.23. The van der Waals surface area contributed by atoms with Gasteiger partial charge in [-0.25, -0.2) is 4.98 Å². The number of benzene rings is 1. The molecule has 0 aliphatic rings. The monoisotopic (exact) mass is 397 g/mol. The van der Waals surface area contributed by atoms with Gasteiger partial charge < -0.3 is 20.8 Å². The molecule has 9 nitrogen and oxygen atoms in total. The Morgan fingerprint density at radius 2 is 2.14 bits per heavy atom. The molecule has 0 saturated heterocycles. The number of nitrogens with zero attached hydrogens (tertiary/aromatic N) is 4. The van der Waals surface area contributed by atoms with Crippen molar-refractivity contribution in [1.29, 1.82) is 0 Å². The molecule has 9 heteroatoms. The van der Waals surface area contributed by atoms with E-state index in [9.17, 15) is 4.79 Å². The van der Waals surface area contributed by atoms with Gasteiger partial charge in [0.15, 0.2) is 11.5 Å². The maximum atomic E-state index is 12.8. The number of H-pyrrole nitrogens is 1. The minimum absolute atomic E-state index is 0.239. The zero-order chi connectivity index (χ0) is 21.0. The lowest BCUT2D eigenvalue weighted by molar-refractivity contribution is 0.318. The zero-order valence-electron chi connectivity index (χ0n) is 17.2. The van der Waals surface area contributed by atoms with Crippen LogP contribution >= 0.6 is 0 Å².